The standard InChI is InChI=1S/C23H24N2O3/c26-21(24-19-6-8-20(9-7-19)25(27)28)23-13-16-10-17(14-23)12-22(11-16,15-23)18-4-2-1-3-5-18/h1-9,16-17H,10-15H2,(H,24,26). The van der Waals surface area contributed by atoms with Gasteiger partial charge >= 0.3 is 0 Å². The van der Waals surface area contributed by atoms with Gasteiger partial charge in [0, 0.05) is 17.8 Å². The number of non-ortho nitro benzene ring substituents is 1. The van der Waals surface area contributed by atoms with Crippen LogP contribution < -0.4 is 5.32 Å². The second-order valence-corrected chi connectivity index (χ2v) is 9.15. The maximum absolute atomic E-state index is 13.4. The number of hydrogen-bond donors (Lipinski definition) is 1. The number of nitrogens with zero attached hydrogens (tertiary/aromatic N) is 1. The van der Waals surface area contributed by atoms with Crippen LogP contribution in [-0.4, -0.2) is 10.8 Å². The van der Waals surface area contributed by atoms with Crippen molar-refractivity contribution in [2.45, 2.75) is 43.9 Å². The van der Waals surface area contributed by atoms with Crippen molar-refractivity contribution >= 4 is 17.3 Å². The summed E-state index contributed by atoms with van der Waals surface area (Å²) in [6.07, 6.45) is 6.49. The zero-order valence-corrected chi connectivity index (χ0v) is 15.8. The maximum Gasteiger partial charge on any atom is 0.269 e. The monoisotopic (exact) mass is 376 g/mol. The Bertz CT molecular complexity index is 909. The Hall–Kier alpha value is -2.69. The smallest absolute Gasteiger partial charge is 0.269 e. The van der Waals surface area contributed by atoms with E-state index in [2.05, 4.69) is 35.6 Å². The average molecular weight is 376 g/mol. The lowest BCUT2D eigenvalue weighted by Crippen LogP contribution is -2.57. The van der Waals surface area contributed by atoms with E-state index in [-0.39, 0.29) is 22.4 Å². The Balaban J connectivity index is 1.43. The van der Waals surface area contributed by atoms with Gasteiger partial charge in [0.05, 0.1) is 10.3 Å². The normalized spacial score (nSPS) is 32.9. The Morgan fingerprint density at radius 2 is 1.61 bits per heavy atom. The summed E-state index contributed by atoms with van der Waals surface area (Å²) in [5, 5.41) is 13.9. The van der Waals surface area contributed by atoms with Crippen LogP contribution >= 0.6 is 0 Å². The lowest BCUT2D eigenvalue weighted by Gasteiger charge is -2.61. The van der Waals surface area contributed by atoms with E-state index in [4.69, 9.17) is 0 Å². The first-order valence-electron chi connectivity index (χ1n) is 10.1. The van der Waals surface area contributed by atoms with Crippen LogP contribution in [0.1, 0.15) is 44.1 Å². The molecule has 4 bridgehead atoms. The fraction of sp³-hybridized carbons (Fsp3) is 0.435. The summed E-state index contributed by atoms with van der Waals surface area (Å²) >= 11 is 0. The molecular weight excluding hydrogens is 352 g/mol. The molecule has 5 nitrogen and oxygen atoms in total. The molecule has 4 aliphatic carbocycles. The summed E-state index contributed by atoms with van der Waals surface area (Å²) in [6.45, 7) is 0. The number of hydrogen-bond acceptors (Lipinski definition) is 3. The number of carbonyl (C=O) groups is 1. The van der Waals surface area contributed by atoms with Gasteiger partial charge in [-0.05, 0) is 73.5 Å². The second kappa shape index (κ2) is 6.16. The minimum absolute atomic E-state index is 0.0378. The highest BCUT2D eigenvalue weighted by molar-refractivity contribution is 5.96. The molecule has 4 saturated carbocycles. The number of nitro benzene ring substituents is 1. The van der Waals surface area contributed by atoms with Crippen LogP contribution in [0.3, 0.4) is 0 Å². The Morgan fingerprint density at radius 3 is 2.21 bits per heavy atom. The molecule has 2 atom stereocenters. The second-order valence-electron chi connectivity index (χ2n) is 9.15. The van der Waals surface area contributed by atoms with Crippen molar-refractivity contribution in [3.63, 3.8) is 0 Å². The first-order chi connectivity index (χ1) is 13.5. The highest BCUT2D eigenvalue weighted by Gasteiger charge is 2.60. The van der Waals surface area contributed by atoms with Gasteiger partial charge in [-0.15, -0.1) is 0 Å². The van der Waals surface area contributed by atoms with E-state index in [1.807, 2.05) is 0 Å². The lowest BCUT2D eigenvalue weighted by molar-refractivity contribution is -0.384. The molecule has 0 aromatic heterocycles. The minimum Gasteiger partial charge on any atom is -0.326 e. The van der Waals surface area contributed by atoms with Gasteiger partial charge in [0.25, 0.3) is 5.69 Å². The first kappa shape index (κ1) is 17.4. The molecule has 2 aromatic carbocycles. The van der Waals surface area contributed by atoms with Crippen LogP contribution in [-0.2, 0) is 10.2 Å². The average Bonchev–Trinajstić information content (AvgIpc) is 2.68. The summed E-state index contributed by atoms with van der Waals surface area (Å²) in [5.41, 5.74) is 1.87. The van der Waals surface area contributed by atoms with Gasteiger partial charge in [-0.3, -0.25) is 14.9 Å². The number of amides is 1. The molecule has 4 fully saturated rings. The van der Waals surface area contributed by atoms with Crippen LogP contribution in [0.15, 0.2) is 54.6 Å². The van der Waals surface area contributed by atoms with Gasteiger partial charge in [0.15, 0.2) is 0 Å². The molecule has 0 saturated heterocycles. The van der Waals surface area contributed by atoms with Crippen LogP contribution in [0.5, 0.6) is 0 Å². The molecule has 6 rings (SSSR count). The van der Waals surface area contributed by atoms with E-state index >= 15 is 0 Å². The van der Waals surface area contributed by atoms with E-state index in [1.54, 1.807) is 12.1 Å². The summed E-state index contributed by atoms with van der Waals surface area (Å²) in [4.78, 5) is 23.8. The van der Waals surface area contributed by atoms with E-state index in [9.17, 15) is 14.9 Å². The van der Waals surface area contributed by atoms with E-state index in [1.165, 1.54) is 37.0 Å². The lowest BCUT2D eigenvalue weighted by atomic mass is 9.42. The molecule has 2 unspecified atom stereocenters. The molecule has 4 aliphatic rings. The van der Waals surface area contributed by atoms with Gasteiger partial charge in [-0.2, -0.15) is 0 Å². The van der Waals surface area contributed by atoms with Crippen molar-refractivity contribution in [1.29, 1.82) is 0 Å². The maximum atomic E-state index is 13.4. The highest BCUT2D eigenvalue weighted by Crippen LogP contribution is 2.65. The molecular formula is C23H24N2O3. The number of anilines is 1. The molecule has 1 amide bonds. The minimum atomic E-state index is -0.422. The summed E-state index contributed by atoms with van der Waals surface area (Å²) in [7, 11) is 0. The molecule has 5 heteroatoms. The van der Waals surface area contributed by atoms with Gasteiger partial charge in [0.2, 0.25) is 5.91 Å². The summed E-state index contributed by atoms with van der Waals surface area (Å²) < 4.78 is 0. The van der Waals surface area contributed by atoms with E-state index in [0.29, 0.717) is 17.5 Å². The molecule has 144 valence electrons. The van der Waals surface area contributed by atoms with Crippen LogP contribution in [0.25, 0.3) is 0 Å². The van der Waals surface area contributed by atoms with Crippen molar-refractivity contribution in [1.82, 2.24) is 0 Å². The molecule has 0 radical (unpaired) electrons. The van der Waals surface area contributed by atoms with Crippen molar-refractivity contribution < 1.29 is 9.72 Å². The van der Waals surface area contributed by atoms with Gasteiger partial charge in [-0.25, -0.2) is 0 Å². The predicted octanol–water partition coefficient (Wildman–Crippen LogP) is 5.07. The Labute approximate surface area is 164 Å². The topological polar surface area (TPSA) is 72.2 Å². The SMILES string of the molecule is O=C(Nc1ccc([N+](=O)[O-])cc1)C12CC3CC(C1)CC(c1ccccc1)(C3)C2. The fourth-order valence-electron chi connectivity index (χ4n) is 6.59. The number of nitrogens with one attached hydrogen (secondary N) is 1. The number of carbonyl (C=O) groups excluding carboxylic acids is 1. The third kappa shape index (κ3) is 2.72. The van der Waals surface area contributed by atoms with Crippen LogP contribution in [0.4, 0.5) is 11.4 Å². The third-order valence-corrected chi connectivity index (χ3v) is 7.26. The molecule has 2 aromatic rings. The third-order valence-electron chi connectivity index (χ3n) is 7.26. The molecule has 0 heterocycles. The van der Waals surface area contributed by atoms with Crippen molar-refractivity contribution in [2.24, 2.45) is 17.3 Å². The van der Waals surface area contributed by atoms with Crippen molar-refractivity contribution in [3.8, 4) is 0 Å². The molecule has 0 spiro atoms. The van der Waals surface area contributed by atoms with E-state index in [0.717, 1.165) is 19.3 Å². The number of benzene rings is 2. The zero-order chi connectivity index (χ0) is 19.4. The predicted molar refractivity (Wildman–Crippen MR) is 107 cm³/mol. The van der Waals surface area contributed by atoms with Crippen molar-refractivity contribution in [3.05, 3.63) is 70.3 Å². The largest absolute Gasteiger partial charge is 0.326 e. The quantitative estimate of drug-likeness (QED) is 0.598. The van der Waals surface area contributed by atoms with Gasteiger partial charge in [0.1, 0.15) is 0 Å². The van der Waals surface area contributed by atoms with Gasteiger partial charge in [-0.1, -0.05) is 30.3 Å². The Kier molecular flexibility index (Phi) is 3.83. The number of rotatable bonds is 4. The molecule has 0 aliphatic heterocycles. The van der Waals surface area contributed by atoms with E-state index < -0.39 is 4.92 Å². The Morgan fingerprint density at radius 1 is 0.964 bits per heavy atom. The van der Waals surface area contributed by atoms with Crippen molar-refractivity contribution in [2.75, 3.05) is 5.32 Å². The molecule has 28 heavy (non-hydrogen) atoms. The van der Waals surface area contributed by atoms with Crippen LogP contribution in [0, 0.1) is 27.4 Å². The summed E-state index contributed by atoms with van der Waals surface area (Å²) in [5.74, 6) is 1.32. The first-order valence-corrected chi connectivity index (χ1v) is 10.1. The number of nitro groups is 1. The zero-order valence-electron chi connectivity index (χ0n) is 15.8. The highest BCUT2D eigenvalue weighted by atomic mass is 16.6. The van der Waals surface area contributed by atoms with Gasteiger partial charge < -0.3 is 5.32 Å². The fourth-order valence-corrected chi connectivity index (χ4v) is 6.59. The molecule has 1 N–H and O–H groups in total. The van der Waals surface area contributed by atoms with Crippen LogP contribution in [0.2, 0.25) is 0 Å². The summed E-state index contributed by atoms with van der Waals surface area (Å²) in [6, 6.07) is 16.9.